The molecule has 0 saturated heterocycles. The number of amides is 1. The molecule has 4 nitrogen and oxygen atoms in total. The summed E-state index contributed by atoms with van der Waals surface area (Å²) in [5.74, 6) is -0.189. The van der Waals surface area contributed by atoms with Crippen LogP contribution >= 0.6 is 27.5 Å². The molecule has 1 heterocycles. The minimum Gasteiger partial charge on any atom is -0.355 e. The fraction of sp³-hybridized carbons (Fsp3) is 0.167. The number of aromatic nitrogens is 2. The highest BCUT2D eigenvalue weighted by molar-refractivity contribution is 9.10. The SMILES string of the molecule is CNC(=O)c1cnn(-c2ccc(C)c(Cl)c2)c1Br. The van der Waals surface area contributed by atoms with Crippen molar-refractivity contribution in [3.8, 4) is 5.69 Å². The lowest BCUT2D eigenvalue weighted by molar-refractivity contribution is 0.0962. The van der Waals surface area contributed by atoms with Gasteiger partial charge in [0.25, 0.3) is 5.91 Å². The van der Waals surface area contributed by atoms with Gasteiger partial charge in [-0.25, -0.2) is 4.68 Å². The van der Waals surface area contributed by atoms with Crippen molar-refractivity contribution in [2.45, 2.75) is 6.92 Å². The van der Waals surface area contributed by atoms with Crippen LogP contribution in [0, 0.1) is 6.92 Å². The van der Waals surface area contributed by atoms with Gasteiger partial charge in [0.2, 0.25) is 0 Å². The molecule has 0 fully saturated rings. The van der Waals surface area contributed by atoms with Gasteiger partial charge in [0.15, 0.2) is 0 Å². The Kier molecular flexibility index (Phi) is 3.73. The van der Waals surface area contributed by atoms with Gasteiger partial charge in [-0.1, -0.05) is 17.7 Å². The van der Waals surface area contributed by atoms with E-state index in [4.69, 9.17) is 11.6 Å². The average Bonchev–Trinajstić information content (AvgIpc) is 2.74. The maximum Gasteiger partial charge on any atom is 0.255 e. The summed E-state index contributed by atoms with van der Waals surface area (Å²) in [6.45, 7) is 1.93. The monoisotopic (exact) mass is 327 g/mol. The van der Waals surface area contributed by atoms with E-state index in [1.54, 1.807) is 11.7 Å². The normalized spacial score (nSPS) is 10.4. The van der Waals surface area contributed by atoms with Crippen LogP contribution in [0.2, 0.25) is 5.02 Å². The van der Waals surface area contributed by atoms with Gasteiger partial charge in [-0.05, 0) is 40.5 Å². The highest BCUT2D eigenvalue weighted by Gasteiger charge is 2.15. The van der Waals surface area contributed by atoms with E-state index >= 15 is 0 Å². The third-order valence-electron chi connectivity index (χ3n) is 2.58. The topological polar surface area (TPSA) is 46.9 Å². The molecule has 0 aliphatic carbocycles. The van der Waals surface area contributed by atoms with Crippen LogP contribution in [0.1, 0.15) is 15.9 Å². The molecule has 18 heavy (non-hydrogen) atoms. The van der Waals surface area contributed by atoms with E-state index < -0.39 is 0 Å². The number of rotatable bonds is 2. The fourth-order valence-corrected chi connectivity index (χ4v) is 2.27. The Balaban J connectivity index is 2.48. The molecule has 1 aromatic carbocycles. The summed E-state index contributed by atoms with van der Waals surface area (Å²) in [7, 11) is 1.58. The van der Waals surface area contributed by atoms with Crippen molar-refractivity contribution < 1.29 is 4.79 Å². The Hall–Kier alpha value is -1.33. The van der Waals surface area contributed by atoms with Crippen LogP contribution in [0.25, 0.3) is 5.69 Å². The summed E-state index contributed by atoms with van der Waals surface area (Å²) in [5, 5.41) is 7.40. The van der Waals surface area contributed by atoms with E-state index in [9.17, 15) is 4.79 Å². The number of carbonyl (C=O) groups is 1. The molecule has 1 aromatic heterocycles. The van der Waals surface area contributed by atoms with Crippen molar-refractivity contribution in [2.24, 2.45) is 0 Å². The molecule has 1 amide bonds. The molecule has 2 aromatic rings. The highest BCUT2D eigenvalue weighted by Crippen LogP contribution is 2.24. The largest absolute Gasteiger partial charge is 0.355 e. The second kappa shape index (κ2) is 5.12. The van der Waals surface area contributed by atoms with E-state index in [1.807, 2.05) is 25.1 Å². The van der Waals surface area contributed by atoms with Crippen LogP contribution in [-0.2, 0) is 0 Å². The summed E-state index contributed by atoms with van der Waals surface area (Å²) in [6, 6.07) is 5.61. The van der Waals surface area contributed by atoms with Crippen molar-refractivity contribution in [1.82, 2.24) is 15.1 Å². The molecule has 0 bridgehead atoms. The molecule has 94 valence electrons. The smallest absolute Gasteiger partial charge is 0.255 e. The van der Waals surface area contributed by atoms with Gasteiger partial charge in [-0.15, -0.1) is 0 Å². The molecular formula is C12H11BrClN3O. The molecule has 0 aliphatic heterocycles. The molecule has 2 rings (SSSR count). The first-order valence-electron chi connectivity index (χ1n) is 5.26. The van der Waals surface area contributed by atoms with E-state index in [-0.39, 0.29) is 5.91 Å². The second-order valence-corrected chi connectivity index (χ2v) is 4.93. The molecule has 0 atom stereocenters. The number of carbonyl (C=O) groups excluding carboxylic acids is 1. The molecule has 6 heteroatoms. The van der Waals surface area contributed by atoms with Crippen molar-refractivity contribution in [2.75, 3.05) is 7.05 Å². The van der Waals surface area contributed by atoms with Gasteiger partial charge in [0.1, 0.15) is 4.60 Å². The summed E-state index contributed by atoms with van der Waals surface area (Å²) in [5.41, 5.74) is 2.28. The molecule has 0 radical (unpaired) electrons. The Morgan fingerprint density at radius 2 is 2.22 bits per heavy atom. The zero-order chi connectivity index (χ0) is 13.3. The minimum absolute atomic E-state index is 0.189. The summed E-state index contributed by atoms with van der Waals surface area (Å²) < 4.78 is 2.22. The third kappa shape index (κ3) is 2.28. The fourth-order valence-electron chi connectivity index (χ4n) is 1.51. The maximum atomic E-state index is 11.6. The number of nitrogens with zero attached hydrogens (tertiary/aromatic N) is 2. The van der Waals surface area contributed by atoms with E-state index in [0.717, 1.165) is 11.3 Å². The molecule has 1 N–H and O–H groups in total. The third-order valence-corrected chi connectivity index (χ3v) is 3.75. The lowest BCUT2D eigenvalue weighted by Gasteiger charge is -2.06. The van der Waals surface area contributed by atoms with E-state index in [2.05, 4.69) is 26.3 Å². The van der Waals surface area contributed by atoms with Crippen LogP contribution in [0.4, 0.5) is 0 Å². The Morgan fingerprint density at radius 3 is 2.83 bits per heavy atom. The number of halogens is 2. The van der Waals surface area contributed by atoms with E-state index in [0.29, 0.717) is 15.2 Å². The van der Waals surface area contributed by atoms with E-state index in [1.165, 1.54) is 6.20 Å². The van der Waals surface area contributed by atoms with Crippen LogP contribution < -0.4 is 5.32 Å². The Labute approximate surface area is 118 Å². The van der Waals surface area contributed by atoms with Gasteiger partial charge in [0.05, 0.1) is 17.4 Å². The minimum atomic E-state index is -0.189. The zero-order valence-corrected chi connectivity index (χ0v) is 12.2. The van der Waals surface area contributed by atoms with Gasteiger partial charge in [-0.3, -0.25) is 4.79 Å². The summed E-state index contributed by atoms with van der Waals surface area (Å²) in [4.78, 5) is 11.6. The number of hydrogen-bond donors (Lipinski definition) is 1. The molecule has 0 aliphatic rings. The summed E-state index contributed by atoms with van der Waals surface area (Å²) >= 11 is 9.45. The maximum absolute atomic E-state index is 11.6. The molecule has 0 saturated carbocycles. The Morgan fingerprint density at radius 1 is 1.50 bits per heavy atom. The number of benzene rings is 1. The van der Waals surface area contributed by atoms with Crippen molar-refractivity contribution in [1.29, 1.82) is 0 Å². The first kappa shape index (κ1) is 13.1. The van der Waals surface area contributed by atoms with Crippen LogP contribution in [0.5, 0.6) is 0 Å². The standard InChI is InChI=1S/C12H11BrClN3O/c1-7-3-4-8(5-10(7)14)17-11(13)9(6-16-17)12(18)15-2/h3-6H,1-2H3,(H,15,18). The van der Waals surface area contributed by atoms with Crippen molar-refractivity contribution in [3.05, 3.63) is 45.1 Å². The van der Waals surface area contributed by atoms with Crippen LogP contribution in [0.3, 0.4) is 0 Å². The predicted octanol–water partition coefficient (Wildman–Crippen LogP) is 2.96. The second-order valence-electron chi connectivity index (χ2n) is 3.77. The number of hydrogen-bond acceptors (Lipinski definition) is 2. The van der Waals surface area contributed by atoms with Crippen LogP contribution in [0.15, 0.2) is 29.0 Å². The van der Waals surface area contributed by atoms with Crippen molar-refractivity contribution >= 4 is 33.4 Å². The van der Waals surface area contributed by atoms with Gasteiger partial charge < -0.3 is 5.32 Å². The highest BCUT2D eigenvalue weighted by atomic mass is 79.9. The number of nitrogens with one attached hydrogen (secondary N) is 1. The zero-order valence-electron chi connectivity index (χ0n) is 9.87. The van der Waals surface area contributed by atoms with Gasteiger partial charge >= 0.3 is 0 Å². The lowest BCUT2D eigenvalue weighted by atomic mass is 10.2. The van der Waals surface area contributed by atoms with Gasteiger partial charge in [0, 0.05) is 12.1 Å². The molecule has 0 spiro atoms. The predicted molar refractivity (Wildman–Crippen MR) is 74.4 cm³/mol. The lowest BCUT2D eigenvalue weighted by Crippen LogP contribution is -2.17. The van der Waals surface area contributed by atoms with Crippen LogP contribution in [-0.4, -0.2) is 22.7 Å². The number of aryl methyl sites for hydroxylation is 1. The Bertz CT molecular complexity index is 609. The first-order valence-corrected chi connectivity index (χ1v) is 6.44. The first-order chi connectivity index (χ1) is 8.54. The molecule has 0 unspecified atom stereocenters. The molecular weight excluding hydrogens is 318 g/mol. The average molecular weight is 329 g/mol. The van der Waals surface area contributed by atoms with Gasteiger partial charge in [-0.2, -0.15) is 5.10 Å². The van der Waals surface area contributed by atoms with Crippen molar-refractivity contribution in [3.63, 3.8) is 0 Å². The quantitative estimate of drug-likeness (QED) is 0.921. The summed E-state index contributed by atoms with van der Waals surface area (Å²) in [6.07, 6.45) is 1.51.